The highest BCUT2D eigenvalue weighted by atomic mass is 16.5. The van der Waals surface area contributed by atoms with Crippen molar-refractivity contribution in [1.82, 2.24) is 0 Å². The smallest absolute Gasteiger partial charge is 0.151 e. The van der Waals surface area contributed by atoms with Crippen molar-refractivity contribution in [2.24, 2.45) is 0 Å². The van der Waals surface area contributed by atoms with E-state index in [2.05, 4.69) is 89.0 Å². The lowest BCUT2D eigenvalue weighted by Crippen LogP contribution is -2.18. The molecule has 1 heterocycles. The Hall–Kier alpha value is -2.22. The number of anilines is 2. The maximum atomic E-state index is 6.27. The van der Waals surface area contributed by atoms with Gasteiger partial charge in [-0.1, -0.05) is 59.2 Å². The number of benzene rings is 2. The van der Waals surface area contributed by atoms with Gasteiger partial charge in [-0.15, -0.1) is 6.58 Å². The third-order valence-corrected chi connectivity index (χ3v) is 5.20. The Morgan fingerprint density at radius 3 is 2.04 bits per heavy atom. The van der Waals surface area contributed by atoms with E-state index in [0.717, 1.165) is 35.7 Å². The van der Waals surface area contributed by atoms with Crippen molar-refractivity contribution in [3.63, 3.8) is 0 Å². The molecular formula is C23H29NO. The van der Waals surface area contributed by atoms with Gasteiger partial charge in [-0.25, -0.2) is 0 Å². The van der Waals surface area contributed by atoms with Gasteiger partial charge in [0.25, 0.3) is 0 Å². The minimum atomic E-state index is -0.0271. The first-order valence-corrected chi connectivity index (χ1v) is 9.14. The molecule has 3 rings (SSSR count). The summed E-state index contributed by atoms with van der Waals surface area (Å²) < 4.78 is 6.27. The number of hydrogen-bond donors (Lipinski definition) is 1. The highest BCUT2D eigenvalue weighted by molar-refractivity contribution is 5.76. The van der Waals surface area contributed by atoms with Crippen LogP contribution in [-0.4, -0.2) is 0 Å². The van der Waals surface area contributed by atoms with E-state index in [1.54, 1.807) is 0 Å². The molecule has 1 aliphatic rings. The van der Waals surface area contributed by atoms with Crippen molar-refractivity contribution in [3.8, 4) is 11.5 Å². The van der Waals surface area contributed by atoms with Crippen LogP contribution in [0.15, 0.2) is 49.1 Å². The summed E-state index contributed by atoms with van der Waals surface area (Å²) in [4.78, 5) is 0. The van der Waals surface area contributed by atoms with Crippen LogP contribution in [0.2, 0.25) is 0 Å². The first-order chi connectivity index (χ1) is 11.8. The molecule has 0 amide bonds. The Morgan fingerprint density at radius 2 is 1.52 bits per heavy atom. The highest BCUT2D eigenvalue weighted by Gasteiger charge is 2.25. The van der Waals surface area contributed by atoms with E-state index in [0.29, 0.717) is 0 Å². The molecule has 0 saturated heterocycles. The summed E-state index contributed by atoms with van der Waals surface area (Å²) in [5.74, 6) is 1.79. The normalized spacial score (nSPS) is 15.2. The average Bonchev–Trinajstić information content (AvgIpc) is 2.58. The van der Waals surface area contributed by atoms with Gasteiger partial charge in [0, 0.05) is 5.41 Å². The summed E-state index contributed by atoms with van der Waals surface area (Å²) in [6, 6.07) is 12.9. The lowest BCUT2D eigenvalue weighted by molar-refractivity contribution is 0.471. The summed E-state index contributed by atoms with van der Waals surface area (Å²) >= 11 is 0. The van der Waals surface area contributed by atoms with Gasteiger partial charge in [-0.3, -0.25) is 0 Å². The monoisotopic (exact) mass is 335 g/mol. The van der Waals surface area contributed by atoms with Crippen LogP contribution in [0.25, 0.3) is 0 Å². The number of hydrogen-bond acceptors (Lipinski definition) is 2. The van der Waals surface area contributed by atoms with E-state index < -0.39 is 0 Å². The van der Waals surface area contributed by atoms with Gasteiger partial charge in [0.1, 0.15) is 0 Å². The molecule has 0 aromatic heterocycles. The van der Waals surface area contributed by atoms with Crippen molar-refractivity contribution >= 4 is 11.4 Å². The molecular weight excluding hydrogens is 306 g/mol. The van der Waals surface area contributed by atoms with Gasteiger partial charge in [0.2, 0.25) is 0 Å². The Labute approximate surface area is 151 Å². The van der Waals surface area contributed by atoms with Crippen molar-refractivity contribution < 1.29 is 4.74 Å². The zero-order valence-electron chi connectivity index (χ0n) is 16.1. The first-order valence-electron chi connectivity index (χ1n) is 9.14. The number of allylic oxidation sites excluding steroid dienone is 1. The zero-order chi connectivity index (χ0) is 18.2. The third-order valence-electron chi connectivity index (χ3n) is 5.20. The van der Waals surface area contributed by atoms with Gasteiger partial charge in [-0.05, 0) is 47.2 Å². The van der Waals surface area contributed by atoms with Crippen LogP contribution in [0.3, 0.4) is 0 Å². The van der Waals surface area contributed by atoms with Crippen LogP contribution in [0.1, 0.15) is 58.6 Å². The quantitative estimate of drug-likeness (QED) is 0.514. The third kappa shape index (κ3) is 3.30. The lowest BCUT2D eigenvalue weighted by Gasteiger charge is -2.29. The molecule has 1 aliphatic heterocycles. The van der Waals surface area contributed by atoms with Crippen molar-refractivity contribution in [3.05, 3.63) is 60.2 Å². The molecule has 2 aromatic rings. The Balaban J connectivity index is 1.98. The van der Waals surface area contributed by atoms with E-state index >= 15 is 0 Å². The van der Waals surface area contributed by atoms with Crippen LogP contribution < -0.4 is 10.1 Å². The minimum Gasteiger partial charge on any atom is -0.453 e. The fourth-order valence-electron chi connectivity index (χ4n) is 3.39. The minimum absolute atomic E-state index is 0.0271. The van der Waals surface area contributed by atoms with Crippen molar-refractivity contribution in [1.29, 1.82) is 0 Å². The molecule has 132 valence electrons. The topological polar surface area (TPSA) is 21.3 Å². The zero-order valence-corrected chi connectivity index (χ0v) is 16.1. The van der Waals surface area contributed by atoms with E-state index in [1.807, 2.05) is 0 Å². The molecule has 1 N–H and O–H groups in total. The number of rotatable bonds is 4. The maximum Gasteiger partial charge on any atom is 0.151 e. The summed E-state index contributed by atoms with van der Waals surface area (Å²) in [6.07, 6.45) is 4.25. The molecule has 0 spiro atoms. The van der Waals surface area contributed by atoms with Crippen LogP contribution >= 0.6 is 0 Å². The van der Waals surface area contributed by atoms with E-state index in [4.69, 9.17) is 4.74 Å². The summed E-state index contributed by atoms with van der Waals surface area (Å²) in [5.41, 5.74) is 4.63. The second-order valence-electron chi connectivity index (χ2n) is 8.27. The fraction of sp³-hybridized carbons (Fsp3) is 0.391. The first kappa shape index (κ1) is 17.6. The molecule has 0 radical (unpaired) electrons. The van der Waals surface area contributed by atoms with E-state index in [-0.39, 0.29) is 10.8 Å². The average molecular weight is 335 g/mol. The predicted octanol–water partition coefficient (Wildman–Crippen LogP) is 7.08. The van der Waals surface area contributed by atoms with Gasteiger partial charge in [0.05, 0.1) is 11.4 Å². The number of ether oxygens (including phenoxy) is 1. The predicted molar refractivity (Wildman–Crippen MR) is 107 cm³/mol. The molecule has 2 aromatic carbocycles. The summed E-state index contributed by atoms with van der Waals surface area (Å²) in [5, 5.41) is 3.50. The van der Waals surface area contributed by atoms with Gasteiger partial charge in [-0.2, -0.15) is 0 Å². The molecule has 25 heavy (non-hydrogen) atoms. The summed E-state index contributed by atoms with van der Waals surface area (Å²) in [7, 11) is 0. The molecule has 2 heteroatoms. The van der Waals surface area contributed by atoms with Crippen molar-refractivity contribution in [2.45, 2.75) is 58.3 Å². The number of fused-ring (bicyclic) bond motifs is 2. The Morgan fingerprint density at radius 1 is 0.960 bits per heavy atom. The maximum absolute atomic E-state index is 6.27. The van der Waals surface area contributed by atoms with E-state index in [1.165, 1.54) is 11.1 Å². The SMILES string of the molecule is C=CC(C)(CCC)c1ccc2c(c1)Oc1cc(C(C)(C)C)ccc1N2. The van der Waals surface area contributed by atoms with Crippen molar-refractivity contribution in [2.75, 3.05) is 5.32 Å². The summed E-state index contributed by atoms with van der Waals surface area (Å²) in [6.45, 7) is 15.2. The molecule has 0 saturated carbocycles. The van der Waals surface area contributed by atoms with Gasteiger partial charge in [0.15, 0.2) is 11.5 Å². The van der Waals surface area contributed by atoms with E-state index in [9.17, 15) is 0 Å². The molecule has 1 unspecified atom stereocenters. The fourth-order valence-corrected chi connectivity index (χ4v) is 3.39. The Kier molecular flexibility index (Phi) is 4.40. The second kappa shape index (κ2) is 6.25. The largest absolute Gasteiger partial charge is 0.453 e. The second-order valence-corrected chi connectivity index (χ2v) is 8.27. The van der Waals surface area contributed by atoms with Gasteiger partial charge >= 0.3 is 0 Å². The molecule has 2 nitrogen and oxygen atoms in total. The van der Waals surface area contributed by atoms with Crippen LogP contribution in [0.4, 0.5) is 11.4 Å². The molecule has 1 atom stereocenters. The molecule has 0 fully saturated rings. The molecule has 0 aliphatic carbocycles. The van der Waals surface area contributed by atoms with Crippen LogP contribution in [0, 0.1) is 0 Å². The van der Waals surface area contributed by atoms with Crippen LogP contribution in [-0.2, 0) is 10.8 Å². The number of nitrogens with one attached hydrogen (secondary N) is 1. The lowest BCUT2D eigenvalue weighted by atomic mass is 9.78. The molecule has 0 bridgehead atoms. The van der Waals surface area contributed by atoms with Crippen LogP contribution in [0.5, 0.6) is 11.5 Å². The van der Waals surface area contributed by atoms with Gasteiger partial charge < -0.3 is 10.1 Å². The highest BCUT2D eigenvalue weighted by Crippen LogP contribution is 2.45. The standard InChI is InChI=1S/C23H29NO/c1-7-13-23(6,8-2)17-10-12-19-21(15-17)25-20-14-16(22(3,4)5)9-11-18(20)24-19/h8-12,14-15,24H,2,7,13H2,1,3-6H3. The Bertz CT molecular complexity index is 800.